The number of pyridine rings is 1. The Balaban J connectivity index is 1.85. The van der Waals surface area contributed by atoms with Crippen LogP contribution >= 0.6 is 0 Å². The summed E-state index contributed by atoms with van der Waals surface area (Å²) in [6.07, 6.45) is 7.18. The molecular weight excluding hydrogens is 452 g/mol. The van der Waals surface area contributed by atoms with Gasteiger partial charge in [0, 0.05) is 23.4 Å². The second-order valence-corrected chi connectivity index (χ2v) is 11.5. The highest BCUT2D eigenvalue weighted by atomic mass is 16.5. The molecule has 196 valence electrons. The van der Waals surface area contributed by atoms with E-state index in [1.807, 2.05) is 40.7 Å². The third kappa shape index (κ3) is 5.69. The summed E-state index contributed by atoms with van der Waals surface area (Å²) in [6, 6.07) is 4.07. The molecule has 1 aliphatic heterocycles. The van der Waals surface area contributed by atoms with Crippen LogP contribution in [0.15, 0.2) is 12.1 Å². The number of carbonyl (C=O) groups is 1. The summed E-state index contributed by atoms with van der Waals surface area (Å²) < 4.78 is 12.1. The fourth-order valence-electron chi connectivity index (χ4n) is 5.76. The maximum Gasteiger partial charge on any atom is 0.337 e. The number of hydrogen-bond acceptors (Lipinski definition) is 5. The number of nitrogens with one attached hydrogen (secondary N) is 1. The Morgan fingerprint density at radius 2 is 1.86 bits per heavy atom. The van der Waals surface area contributed by atoms with E-state index in [4.69, 9.17) is 14.5 Å². The van der Waals surface area contributed by atoms with Gasteiger partial charge in [-0.3, -0.25) is 0 Å². The molecule has 1 atom stereocenters. The van der Waals surface area contributed by atoms with Crippen LogP contribution in [0.3, 0.4) is 0 Å². The van der Waals surface area contributed by atoms with Gasteiger partial charge in [-0.2, -0.15) is 0 Å². The number of aryl methyl sites for hydroxylation is 1. The van der Waals surface area contributed by atoms with Crippen LogP contribution < -0.4 is 10.1 Å². The van der Waals surface area contributed by atoms with E-state index >= 15 is 0 Å². The minimum Gasteiger partial charge on any atom is -0.493 e. The molecule has 0 spiro atoms. The molecule has 2 heterocycles. The highest BCUT2D eigenvalue weighted by molar-refractivity contribution is 5.85. The largest absolute Gasteiger partial charge is 0.493 e. The summed E-state index contributed by atoms with van der Waals surface area (Å²) >= 11 is 0. The normalized spacial score (nSPS) is 17.3. The van der Waals surface area contributed by atoms with Crippen molar-refractivity contribution in [1.82, 2.24) is 4.98 Å². The molecule has 1 unspecified atom stereocenters. The molecule has 0 bridgehead atoms. The minimum absolute atomic E-state index is 0.627. The first-order valence-corrected chi connectivity index (χ1v) is 13.5. The zero-order chi connectivity index (χ0) is 26.0. The number of carboxylic acid groups (broad SMARTS) is 1. The van der Waals surface area contributed by atoms with Gasteiger partial charge >= 0.3 is 5.97 Å². The molecule has 1 aliphatic carbocycles. The van der Waals surface area contributed by atoms with Crippen LogP contribution in [-0.4, -0.2) is 34.8 Å². The molecule has 2 N–H and O–H groups in total. The monoisotopic (exact) mass is 494 g/mol. The summed E-state index contributed by atoms with van der Waals surface area (Å²) in [4.78, 5) is 17.7. The molecule has 0 radical (unpaired) electrons. The molecule has 6 heteroatoms. The van der Waals surface area contributed by atoms with Crippen LogP contribution in [0.1, 0.15) is 93.3 Å². The maximum atomic E-state index is 12.7. The molecule has 1 aromatic carbocycles. The van der Waals surface area contributed by atoms with Crippen LogP contribution in [-0.2, 0) is 16.0 Å². The fraction of sp³-hybridized carbons (Fsp3) is 0.600. The van der Waals surface area contributed by atoms with E-state index in [-0.39, 0.29) is 0 Å². The zero-order valence-corrected chi connectivity index (χ0v) is 22.8. The van der Waals surface area contributed by atoms with Crippen LogP contribution in [0.25, 0.3) is 11.1 Å². The van der Waals surface area contributed by atoms with E-state index in [0.29, 0.717) is 11.5 Å². The van der Waals surface area contributed by atoms with Crippen molar-refractivity contribution in [2.75, 3.05) is 18.5 Å². The van der Waals surface area contributed by atoms with Crippen LogP contribution in [0, 0.1) is 26.7 Å². The highest BCUT2D eigenvalue weighted by Gasteiger charge is 2.34. The van der Waals surface area contributed by atoms with Crippen LogP contribution in [0.4, 0.5) is 5.82 Å². The molecule has 1 saturated carbocycles. The number of aromatic nitrogens is 1. The molecular formula is C30H42N2O4. The number of rotatable bonds is 7. The van der Waals surface area contributed by atoms with E-state index < -0.39 is 17.7 Å². The summed E-state index contributed by atoms with van der Waals surface area (Å²) in [6.45, 7) is 13.4. The number of carboxylic acids is 1. The Labute approximate surface area is 215 Å². The maximum absolute atomic E-state index is 12.7. The van der Waals surface area contributed by atoms with Gasteiger partial charge in [0.25, 0.3) is 0 Å². The lowest BCUT2D eigenvalue weighted by atomic mass is 9.86. The number of fused-ring (bicyclic) bond motifs is 1. The molecule has 6 nitrogen and oxygen atoms in total. The molecule has 2 aromatic rings. The van der Waals surface area contributed by atoms with Crippen molar-refractivity contribution in [3.05, 3.63) is 40.1 Å². The molecule has 0 saturated heterocycles. The van der Waals surface area contributed by atoms with E-state index in [9.17, 15) is 9.90 Å². The van der Waals surface area contributed by atoms with Gasteiger partial charge in [-0.25, -0.2) is 9.78 Å². The Hall–Kier alpha value is -2.60. The van der Waals surface area contributed by atoms with Gasteiger partial charge in [-0.15, -0.1) is 0 Å². The number of aliphatic carboxylic acids is 1. The number of anilines is 1. The first-order valence-electron chi connectivity index (χ1n) is 13.5. The van der Waals surface area contributed by atoms with E-state index in [1.54, 1.807) is 0 Å². The Morgan fingerprint density at radius 3 is 2.53 bits per heavy atom. The predicted octanol–water partition coefficient (Wildman–Crippen LogP) is 6.93. The number of nitrogens with zero attached hydrogens (tertiary/aromatic N) is 1. The van der Waals surface area contributed by atoms with Crippen molar-refractivity contribution in [2.45, 2.75) is 98.2 Å². The summed E-state index contributed by atoms with van der Waals surface area (Å²) in [7, 11) is 0. The average Bonchev–Trinajstić information content (AvgIpc) is 2.83. The number of ether oxygens (including phenoxy) is 2. The zero-order valence-electron chi connectivity index (χ0n) is 22.8. The fourth-order valence-corrected chi connectivity index (χ4v) is 5.76. The minimum atomic E-state index is -1.11. The van der Waals surface area contributed by atoms with Crippen LogP contribution in [0.2, 0.25) is 0 Å². The van der Waals surface area contributed by atoms with Crippen molar-refractivity contribution in [1.29, 1.82) is 0 Å². The quantitative estimate of drug-likeness (QED) is 0.434. The van der Waals surface area contributed by atoms with Crippen molar-refractivity contribution in [2.24, 2.45) is 5.92 Å². The molecule has 0 amide bonds. The van der Waals surface area contributed by atoms with E-state index in [2.05, 4.69) is 18.3 Å². The Morgan fingerprint density at radius 1 is 1.14 bits per heavy atom. The van der Waals surface area contributed by atoms with Gasteiger partial charge in [-0.05, 0) is 101 Å². The van der Waals surface area contributed by atoms with Crippen molar-refractivity contribution in [3.63, 3.8) is 0 Å². The first kappa shape index (κ1) is 26.5. The lowest BCUT2D eigenvalue weighted by Gasteiger charge is -2.30. The van der Waals surface area contributed by atoms with Crippen molar-refractivity contribution < 1.29 is 19.4 Å². The first-order chi connectivity index (χ1) is 17.1. The second kappa shape index (κ2) is 10.8. The third-order valence-corrected chi connectivity index (χ3v) is 7.56. The van der Waals surface area contributed by atoms with Gasteiger partial charge < -0.3 is 19.9 Å². The SMILES string of the molecule is Cc1nc(NCC2CCCCC2)c(C)c(C(OC(C)(C)C)C(=O)O)c1-c1ccc2c(c1C)CCCO2. The second-order valence-electron chi connectivity index (χ2n) is 11.5. The predicted molar refractivity (Wildman–Crippen MR) is 144 cm³/mol. The summed E-state index contributed by atoms with van der Waals surface area (Å²) in [5.74, 6) is 1.34. The van der Waals surface area contributed by atoms with Gasteiger partial charge in [0.15, 0.2) is 6.10 Å². The van der Waals surface area contributed by atoms with Gasteiger partial charge in [0.1, 0.15) is 11.6 Å². The lowest BCUT2D eigenvalue weighted by molar-refractivity contribution is -0.160. The smallest absolute Gasteiger partial charge is 0.337 e. The standard InChI is InChI=1S/C30H42N2O4/c1-18-22-13-10-16-35-24(22)15-14-23(18)26-20(3)32-28(31-17-21-11-8-7-9-12-21)19(2)25(26)27(29(33)34)36-30(4,5)6/h14-15,21,27H,7-13,16-17H2,1-6H3,(H,31,32)(H,33,34). The Bertz CT molecular complexity index is 1110. The average molecular weight is 495 g/mol. The van der Waals surface area contributed by atoms with Crippen molar-refractivity contribution >= 4 is 11.8 Å². The number of hydrogen-bond donors (Lipinski definition) is 2. The van der Waals surface area contributed by atoms with Gasteiger partial charge in [0.2, 0.25) is 0 Å². The molecule has 1 aromatic heterocycles. The van der Waals surface area contributed by atoms with Gasteiger partial charge in [-0.1, -0.05) is 25.3 Å². The third-order valence-electron chi connectivity index (χ3n) is 7.56. The summed E-state index contributed by atoms with van der Waals surface area (Å²) in [5, 5.41) is 14.0. The number of benzene rings is 1. The highest BCUT2D eigenvalue weighted by Crippen LogP contribution is 2.43. The molecule has 4 rings (SSSR count). The molecule has 2 aliphatic rings. The van der Waals surface area contributed by atoms with Crippen molar-refractivity contribution in [3.8, 4) is 16.9 Å². The topological polar surface area (TPSA) is 80.7 Å². The van der Waals surface area contributed by atoms with Crippen LogP contribution in [0.5, 0.6) is 5.75 Å². The van der Waals surface area contributed by atoms with E-state index in [0.717, 1.165) is 65.5 Å². The van der Waals surface area contributed by atoms with Gasteiger partial charge in [0.05, 0.1) is 12.2 Å². The summed E-state index contributed by atoms with van der Waals surface area (Å²) in [5.41, 5.74) is 5.91. The molecule has 36 heavy (non-hydrogen) atoms. The molecule has 1 fully saturated rings. The van der Waals surface area contributed by atoms with E-state index in [1.165, 1.54) is 37.7 Å². The lowest BCUT2D eigenvalue weighted by Crippen LogP contribution is -2.29. The Kier molecular flexibility index (Phi) is 7.93.